The molecule has 14 heavy (non-hydrogen) atoms. The van der Waals surface area contributed by atoms with Crippen LogP contribution in [0.2, 0.25) is 0 Å². The van der Waals surface area contributed by atoms with Gasteiger partial charge in [-0.25, -0.2) is 4.79 Å². The minimum absolute atomic E-state index is 0.0305. The summed E-state index contributed by atoms with van der Waals surface area (Å²) in [5.74, 6) is -0.345. The summed E-state index contributed by atoms with van der Waals surface area (Å²) in [6.45, 7) is 12.2. The molecule has 0 aromatic heterocycles. The predicted octanol–water partition coefficient (Wildman–Crippen LogP) is 3.48. The molecule has 0 aliphatic rings. The Kier molecular flexibility index (Phi) is 4.37. The molecule has 0 bridgehead atoms. The maximum atomic E-state index is 10.9. The van der Waals surface area contributed by atoms with Crippen LogP contribution in [0.3, 0.4) is 0 Å². The lowest BCUT2D eigenvalue weighted by Gasteiger charge is -2.33. The van der Waals surface area contributed by atoms with Crippen molar-refractivity contribution in [1.82, 2.24) is 0 Å². The molecule has 0 aromatic rings. The lowest BCUT2D eigenvalue weighted by molar-refractivity contribution is -0.132. The van der Waals surface area contributed by atoms with E-state index in [4.69, 9.17) is 5.11 Å². The maximum Gasteiger partial charge on any atom is 0.331 e. The molecule has 0 radical (unpaired) electrons. The van der Waals surface area contributed by atoms with E-state index in [-0.39, 0.29) is 5.41 Å². The molecule has 0 saturated carbocycles. The summed E-state index contributed by atoms with van der Waals surface area (Å²) in [5.41, 5.74) is 1.53. The molecule has 0 aliphatic heterocycles. The predicted molar refractivity (Wildman–Crippen MR) is 59.2 cm³/mol. The average Bonchev–Trinajstić information content (AvgIpc) is 2.04. The number of rotatable bonds is 4. The Balaban J connectivity index is 5.28. The molecule has 0 aliphatic carbocycles. The summed E-state index contributed by atoms with van der Waals surface area (Å²) in [7, 11) is 0. The number of hydrogen-bond acceptors (Lipinski definition) is 1. The largest absolute Gasteiger partial charge is 0.478 e. The van der Waals surface area contributed by atoms with Crippen LogP contribution in [0.25, 0.3) is 0 Å². The first-order valence-electron chi connectivity index (χ1n) is 5.18. The highest BCUT2D eigenvalue weighted by Gasteiger charge is 2.28. The van der Waals surface area contributed by atoms with E-state index in [0.717, 1.165) is 12.0 Å². The van der Waals surface area contributed by atoms with Crippen LogP contribution in [0.4, 0.5) is 0 Å². The van der Waals surface area contributed by atoms with Gasteiger partial charge in [-0.3, -0.25) is 0 Å². The second kappa shape index (κ2) is 4.63. The van der Waals surface area contributed by atoms with E-state index >= 15 is 0 Å². The summed E-state index contributed by atoms with van der Waals surface area (Å²) in [6, 6.07) is 0. The third-order valence-corrected chi connectivity index (χ3v) is 3.35. The van der Waals surface area contributed by atoms with Crippen LogP contribution < -0.4 is 0 Å². The van der Waals surface area contributed by atoms with Crippen LogP contribution in [0.15, 0.2) is 11.1 Å². The van der Waals surface area contributed by atoms with Crippen LogP contribution in [0.5, 0.6) is 0 Å². The minimum Gasteiger partial charge on any atom is -0.478 e. The highest BCUT2D eigenvalue weighted by Crippen LogP contribution is 2.38. The Labute approximate surface area is 87.0 Å². The van der Waals surface area contributed by atoms with Gasteiger partial charge in [0.15, 0.2) is 0 Å². The first-order chi connectivity index (χ1) is 6.25. The normalized spacial score (nSPS) is 14.2. The fraction of sp³-hybridized carbons (Fsp3) is 0.750. The van der Waals surface area contributed by atoms with Gasteiger partial charge in [-0.1, -0.05) is 40.2 Å². The van der Waals surface area contributed by atoms with Crippen molar-refractivity contribution >= 4 is 5.97 Å². The molecule has 0 spiro atoms. The van der Waals surface area contributed by atoms with Gasteiger partial charge < -0.3 is 5.11 Å². The van der Waals surface area contributed by atoms with Gasteiger partial charge in [-0.2, -0.15) is 0 Å². The van der Waals surface area contributed by atoms with Crippen molar-refractivity contribution in [3.63, 3.8) is 0 Å². The van der Waals surface area contributed by atoms with Gasteiger partial charge in [0.1, 0.15) is 0 Å². The Morgan fingerprint density at radius 2 is 1.79 bits per heavy atom. The van der Waals surface area contributed by atoms with Crippen LogP contribution in [-0.2, 0) is 4.79 Å². The summed E-state index contributed by atoms with van der Waals surface area (Å²) in [5, 5.41) is 8.97. The molecule has 0 amide bonds. The molecule has 0 fully saturated rings. The zero-order chi connectivity index (χ0) is 11.5. The summed E-state index contributed by atoms with van der Waals surface area (Å²) >= 11 is 0. The second-order valence-electron chi connectivity index (χ2n) is 4.64. The van der Waals surface area contributed by atoms with E-state index in [2.05, 4.69) is 27.7 Å². The third kappa shape index (κ3) is 2.60. The standard InChI is InChI=1S/C12H22O2/c1-7-10(9(4)11(13)14)12(5,6)8(2)3/h8H,7H2,1-6H3,(H,13,14). The number of aliphatic carboxylic acids is 1. The Bertz CT molecular complexity index is 247. The van der Waals surface area contributed by atoms with Crippen molar-refractivity contribution in [2.24, 2.45) is 11.3 Å². The van der Waals surface area contributed by atoms with Crippen molar-refractivity contribution in [3.8, 4) is 0 Å². The van der Waals surface area contributed by atoms with E-state index in [1.54, 1.807) is 6.92 Å². The number of carboxylic acid groups (broad SMARTS) is 1. The monoisotopic (exact) mass is 198 g/mol. The first kappa shape index (κ1) is 13.2. The molecule has 0 heterocycles. The van der Waals surface area contributed by atoms with E-state index < -0.39 is 5.97 Å². The SMILES string of the molecule is CCC(=C(C)C(=O)O)C(C)(C)C(C)C. The molecule has 2 nitrogen and oxygen atoms in total. The number of carboxylic acids is 1. The number of allylic oxidation sites excluding steroid dienone is 1. The molecular weight excluding hydrogens is 176 g/mol. The fourth-order valence-electron chi connectivity index (χ4n) is 1.68. The minimum atomic E-state index is -0.796. The Morgan fingerprint density at radius 1 is 1.36 bits per heavy atom. The van der Waals surface area contributed by atoms with Crippen molar-refractivity contribution < 1.29 is 9.90 Å². The van der Waals surface area contributed by atoms with Crippen molar-refractivity contribution in [1.29, 1.82) is 0 Å². The molecule has 2 heteroatoms. The van der Waals surface area contributed by atoms with Crippen molar-refractivity contribution in [2.75, 3.05) is 0 Å². The lowest BCUT2D eigenvalue weighted by atomic mass is 9.72. The van der Waals surface area contributed by atoms with Crippen LogP contribution in [0.1, 0.15) is 48.0 Å². The van der Waals surface area contributed by atoms with Gasteiger partial charge in [0.05, 0.1) is 0 Å². The van der Waals surface area contributed by atoms with E-state index in [1.807, 2.05) is 6.92 Å². The Morgan fingerprint density at radius 3 is 2.00 bits per heavy atom. The lowest BCUT2D eigenvalue weighted by Crippen LogP contribution is -2.24. The van der Waals surface area contributed by atoms with Gasteiger partial charge in [-0.05, 0) is 24.7 Å². The Hall–Kier alpha value is -0.790. The third-order valence-electron chi connectivity index (χ3n) is 3.35. The fourth-order valence-corrected chi connectivity index (χ4v) is 1.68. The van der Waals surface area contributed by atoms with Crippen LogP contribution in [0, 0.1) is 11.3 Å². The molecule has 0 aromatic carbocycles. The molecule has 1 N–H and O–H groups in total. The number of hydrogen-bond donors (Lipinski definition) is 1. The van der Waals surface area contributed by atoms with Gasteiger partial charge in [0.25, 0.3) is 0 Å². The van der Waals surface area contributed by atoms with Gasteiger partial charge in [-0.15, -0.1) is 0 Å². The molecule has 0 atom stereocenters. The van der Waals surface area contributed by atoms with Crippen molar-refractivity contribution in [2.45, 2.75) is 48.0 Å². The molecule has 0 saturated heterocycles. The average molecular weight is 198 g/mol. The smallest absolute Gasteiger partial charge is 0.331 e. The van der Waals surface area contributed by atoms with Crippen LogP contribution >= 0.6 is 0 Å². The first-order valence-corrected chi connectivity index (χ1v) is 5.18. The molecule has 82 valence electrons. The topological polar surface area (TPSA) is 37.3 Å². The summed E-state index contributed by atoms with van der Waals surface area (Å²) < 4.78 is 0. The maximum absolute atomic E-state index is 10.9. The van der Waals surface area contributed by atoms with Gasteiger partial charge in [0.2, 0.25) is 0 Å². The highest BCUT2D eigenvalue weighted by molar-refractivity contribution is 5.87. The zero-order valence-corrected chi connectivity index (χ0v) is 10.1. The van der Waals surface area contributed by atoms with E-state index in [1.165, 1.54) is 0 Å². The molecular formula is C12H22O2. The zero-order valence-electron chi connectivity index (χ0n) is 10.1. The van der Waals surface area contributed by atoms with Crippen LogP contribution in [-0.4, -0.2) is 11.1 Å². The summed E-state index contributed by atoms with van der Waals surface area (Å²) in [4.78, 5) is 10.9. The number of carbonyl (C=O) groups is 1. The van der Waals surface area contributed by atoms with Gasteiger partial charge in [0, 0.05) is 5.57 Å². The quantitative estimate of drug-likeness (QED) is 0.702. The van der Waals surface area contributed by atoms with E-state index in [9.17, 15) is 4.79 Å². The van der Waals surface area contributed by atoms with Gasteiger partial charge >= 0.3 is 5.97 Å². The highest BCUT2D eigenvalue weighted by atomic mass is 16.4. The van der Waals surface area contributed by atoms with Crippen molar-refractivity contribution in [3.05, 3.63) is 11.1 Å². The summed E-state index contributed by atoms with van der Waals surface area (Å²) in [6.07, 6.45) is 0.809. The molecule has 0 unspecified atom stereocenters. The van der Waals surface area contributed by atoms with E-state index in [0.29, 0.717) is 11.5 Å². The second-order valence-corrected chi connectivity index (χ2v) is 4.64. The molecule has 0 rings (SSSR count).